The fraction of sp³-hybridized carbons (Fsp3) is 0.711. The second-order valence-electron chi connectivity index (χ2n) is 18.3. The van der Waals surface area contributed by atoms with Crippen LogP contribution in [0, 0.1) is 0 Å². The van der Waals surface area contributed by atoms with Gasteiger partial charge in [0.05, 0.1) is 0 Å². The summed E-state index contributed by atoms with van der Waals surface area (Å²) in [5, 5.41) is 99.5. The van der Waals surface area contributed by atoms with Gasteiger partial charge in [0.25, 0.3) is 0 Å². The van der Waals surface area contributed by atoms with Crippen LogP contribution in [-0.4, -0.2) is 152 Å². The van der Waals surface area contributed by atoms with Gasteiger partial charge in [0, 0.05) is 117 Å². The number of carboxylic acids is 9. The van der Waals surface area contributed by atoms with E-state index in [1.165, 1.54) is 0 Å². The Balaban J connectivity index is 7.81. The van der Waals surface area contributed by atoms with E-state index < -0.39 is 254 Å². The number of carbonyl (C=O) groups excluding carboxylic acids is 4. The fourth-order valence-corrected chi connectivity index (χ4v) is 8.37. The van der Waals surface area contributed by atoms with Crippen LogP contribution in [0.25, 0.3) is 10.4 Å². The Morgan fingerprint density at radius 3 is 0.649 bits per heavy atom. The first kappa shape index (κ1) is 66.4. The van der Waals surface area contributed by atoms with E-state index in [1.807, 2.05) is 0 Å². The third-order valence-corrected chi connectivity index (χ3v) is 12.4. The minimum atomic E-state index is -1.86. The number of aliphatic carboxylic acids is 9. The Hall–Kier alpha value is -7.58. The van der Waals surface area contributed by atoms with Crippen molar-refractivity contribution in [2.45, 2.75) is 196 Å². The van der Waals surface area contributed by atoms with Crippen LogP contribution in [0.15, 0.2) is 5.11 Å². The second-order valence-corrected chi connectivity index (χ2v) is 18.3. The Kier molecular flexibility index (Phi) is 30.5. The van der Waals surface area contributed by atoms with Gasteiger partial charge in [-0.05, 0) is 95.4 Å². The van der Waals surface area contributed by atoms with E-state index in [0.717, 1.165) is 0 Å². The quantitative estimate of drug-likeness (QED) is 0.0180. The molecule has 0 saturated carbocycles. The molecule has 29 nitrogen and oxygen atoms in total. The molecule has 74 heavy (non-hydrogen) atoms. The molecule has 416 valence electrons. The summed E-state index contributed by atoms with van der Waals surface area (Å²) in [5.41, 5.74) is 1.61. The zero-order valence-electron chi connectivity index (χ0n) is 41.0. The number of rotatable bonds is 45. The van der Waals surface area contributed by atoms with E-state index >= 15 is 0 Å². The number of azide groups is 1. The van der Waals surface area contributed by atoms with Gasteiger partial charge in [-0.1, -0.05) is 5.11 Å². The van der Waals surface area contributed by atoms with Crippen molar-refractivity contribution in [3.05, 3.63) is 10.4 Å². The molecular weight excluding hydrogens is 991 g/mol. The second kappa shape index (κ2) is 34.0. The molecule has 0 aliphatic carbocycles. The molecule has 0 aliphatic heterocycles. The third-order valence-electron chi connectivity index (χ3n) is 12.4. The summed E-state index contributed by atoms with van der Waals surface area (Å²) in [6.07, 6.45) is -13.3. The van der Waals surface area contributed by atoms with Gasteiger partial charge in [-0.15, -0.1) is 0 Å². The monoisotopic (exact) mass is 1060 g/mol. The Morgan fingerprint density at radius 2 is 0.473 bits per heavy atom. The number of unbranched alkanes of at least 4 members (excludes halogenated alkanes) is 1. The maximum absolute atomic E-state index is 14.1. The average Bonchev–Trinajstić information content (AvgIpc) is 3.30. The molecule has 0 heterocycles. The van der Waals surface area contributed by atoms with Crippen molar-refractivity contribution in [2.75, 3.05) is 6.54 Å². The Morgan fingerprint density at radius 1 is 0.297 bits per heavy atom. The van der Waals surface area contributed by atoms with Crippen molar-refractivity contribution in [1.82, 2.24) is 21.3 Å². The molecule has 0 atom stereocenters. The van der Waals surface area contributed by atoms with Gasteiger partial charge < -0.3 is 67.2 Å². The maximum atomic E-state index is 14.1. The Labute approximate surface area is 423 Å². The highest BCUT2D eigenvalue weighted by Crippen LogP contribution is 2.32. The summed E-state index contributed by atoms with van der Waals surface area (Å²) >= 11 is 0. The highest BCUT2D eigenvalue weighted by molar-refractivity contribution is 5.81. The lowest BCUT2D eigenvalue weighted by Gasteiger charge is -2.39. The minimum absolute atomic E-state index is 0.0242. The molecule has 0 radical (unpaired) electrons. The molecule has 0 aliphatic rings. The zero-order chi connectivity index (χ0) is 56.5. The number of nitrogens with one attached hydrogen (secondary N) is 4. The van der Waals surface area contributed by atoms with Crippen LogP contribution in [0.2, 0.25) is 0 Å². The fourth-order valence-electron chi connectivity index (χ4n) is 8.37. The highest BCUT2D eigenvalue weighted by atomic mass is 16.4. The molecule has 0 fully saturated rings. The molecule has 0 aromatic carbocycles. The molecule has 29 heteroatoms. The first-order valence-electron chi connectivity index (χ1n) is 23.7. The van der Waals surface area contributed by atoms with Crippen LogP contribution in [0.4, 0.5) is 0 Å². The van der Waals surface area contributed by atoms with E-state index in [2.05, 4.69) is 31.3 Å². The van der Waals surface area contributed by atoms with Crippen molar-refractivity contribution in [3.8, 4) is 0 Å². The van der Waals surface area contributed by atoms with Crippen LogP contribution < -0.4 is 21.3 Å². The summed E-state index contributed by atoms with van der Waals surface area (Å²) < 4.78 is 0. The van der Waals surface area contributed by atoms with Gasteiger partial charge in [-0.3, -0.25) is 62.3 Å². The lowest BCUT2D eigenvalue weighted by molar-refractivity contribution is -0.141. The average molecular weight is 1060 g/mol. The van der Waals surface area contributed by atoms with Gasteiger partial charge in [0.2, 0.25) is 23.6 Å². The molecule has 0 unspecified atom stereocenters. The predicted molar refractivity (Wildman–Crippen MR) is 251 cm³/mol. The van der Waals surface area contributed by atoms with Crippen molar-refractivity contribution in [1.29, 1.82) is 0 Å². The number of nitrogens with zero attached hydrogens (tertiary/aromatic N) is 3. The van der Waals surface area contributed by atoms with E-state index in [-0.39, 0.29) is 25.8 Å². The third kappa shape index (κ3) is 31.0. The summed E-state index contributed by atoms with van der Waals surface area (Å²) in [5.74, 6) is -16.0. The van der Waals surface area contributed by atoms with Crippen LogP contribution in [0.5, 0.6) is 0 Å². The van der Waals surface area contributed by atoms with Crippen molar-refractivity contribution in [3.63, 3.8) is 0 Å². The number of hydrogen-bond donors (Lipinski definition) is 13. The SMILES string of the molecule is [N-]=[N+]=NCCCCC(=O)NC(CCC(=O)NC(CCC(=O)O)(CCC(=O)O)CCC(=O)O)(CCC(=O)NC(CCC(=O)O)(CCC(=O)O)CCC(=O)O)CCC(=O)NC(CCC(=O)O)(CCC(=O)O)CCC(=O)O. The molecule has 0 aromatic rings. The molecule has 0 rings (SSSR count). The van der Waals surface area contributed by atoms with Crippen LogP contribution in [0.1, 0.15) is 173 Å². The maximum Gasteiger partial charge on any atom is 0.303 e. The molecule has 0 bridgehead atoms. The predicted octanol–water partition coefficient (Wildman–Crippen LogP) is 3.01. The van der Waals surface area contributed by atoms with Gasteiger partial charge >= 0.3 is 53.7 Å². The smallest absolute Gasteiger partial charge is 0.303 e. The first-order chi connectivity index (χ1) is 34.5. The summed E-state index contributed by atoms with van der Waals surface area (Å²) in [4.78, 5) is 164. The normalized spacial score (nSPS) is 11.5. The Bertz CT molecular complexity index is 1730. The number of amides is 4. The van der Waals surface area contributed by atoms with Crippen molar-refractivity contribution >= 4 is 77.4 Å². The zero-order valence-corrected chi connectivity index (χ0v) is 41.0. The highest BCUT2D eigenvalue weighted by Gasteiger charge is 2.40. The van der Waals surface area contributed by atoms with Crippen molar-refractivity contribution in [2.24, 2.45) is 5.11 Å². The number of carbonyl (C=O) groups is 13. The largest absolute Gasteiger partial charge is 0.481 e. The molecule has 0 spiro atoms. The lowest BCUT2D eigenvalue weighted by atomic mass is 9.80. The van der Waals surface area contributed by atoms with Crippen LogP contribution in [-0.2, 0) is 62.3 Å². The minimum Gasteiger partial charge on any atom is -0.481 e. The van der Waals surface area contributed by atoms with E-state index in [0.29, 0.717) is 0 Å². The molecular formula is C45H69N7O22. The lowest BCUT2D eigenvalue weighted by Crippen LogP contribution is -2.54. The molecule has 0 saturated heterocycles. The summed E-state index contributed by atoms with van der Waals surface area (Å²) in [7, 11) is 0. The van der Waals surface area contributed by atoms with Gasteiger partial charge in [0.1, 0.15) is 0 Å². The number of hydrogen-bond acceptors (Lipinski definition) is 14. The van der Waals surface area contributed by atoms with Gasteiger partial charge in [0.15, 0.2) is 0 Å². The molecule has 4 amide bonds. The van der Waals surface area contributed by atoms with Gasteiger partial charge in [-0.25, -0.2) is 0 Å². The number of carboxylic acid groups (broad SMARTS) is 9. The van der Waals surface area contributed by atoms with E-state index in [9.17, 15) is 108 Å². The molecule has 13 N–H and O–H groups in total. The van der Waals surface area contributed by atoms with Crippen LogP contribution in [0.3, 0.4) is 0 Å². The van der Waals surface area contributed by atoms with Crippen LogP contribution >= 0.6 is 0 Å². The van der Waals surface area contributed by atoms with Gasteiger partial charge in [-0.2, -0.15) is 0 Å². The standard InChI is InChI=1S/C45H69N7O22/c46-52-47-28-2-1-3-29(53)48-42(16-4-30(54)49-43(19-7-33(57)58,20-8-34(59)60)21-9-35(61)62,17-5-31(55)50-44(22-10-36(63)64,23-11-37(65)66)24-12-38(67)68)18-6-32(56)51-45(25-13-39(69)70,26-14-40(71)72)27-15-41(73)74/h1-28H2,(H,48,53)(H,49,54)(H,50,55)(H,51,56)(H,57,58)(H,59,60)(H,61,62)(H,63,64)(H,65,66)(H,67,68)(H,69,70)(H,71,72)(H,73,74). The van der Waals surface area contributed by atoms with Crippen molar-refractivity contribution < 1.29 is 108 Å². The topological polar surface area (TPSA) is 501 Å². The van der Waals surface area contributed by atoms with E-state index in [1.54, 1.807) is 0 Å². The van der Waals surface area contributed by atoms with E-state index in [4.69, 9.17) is 5.53 Å². The first-order valence-corrected chi connectivity index (χ1v) is 23.7. The summed E-state index contributed by atoms with van der Waals surface area (Å²) in [6, 6.07) is 0. The molecule has 0 aromatic heterocycles. The summed E-state index contributed by atoms with van der Waals surface area (Å²) in [6.45, 7) is -0.0242.